The Kier molecular flexibility index (Phi) is 6.72. The maximum absolute atomic E-state index is 5.57. The number of aromatic nitrogens is 4. The Morgan fingerprint density at radius 2 is 1.82 bits per heavy atom. The molecule has 0 atom stereocenters. The average Bonchev–Trinajstić information content (AvgIpc) is 3.63. The minimum atomic E-state index is 0.616. The SMILES string of the molecule is COc1cc(-n2cnc(Nc3nc4c(c(N5CCCC5)n3)CN(Cc3ccccc3)CC4)c2)cc(C)c1C. The molecule has 2 aliphatic rings. The van der Waals surface area contributed by atoms with E-state index in [4.69, 9.17) is 14.7 Å². The first kappa shape index (κ1) is 24.4. The number of nitrogens with one attached hydrogen (secondary N) is 1. The highest BCUT2D eigenvalue weighted by Gasteiger charge is 2.27. The Hall–Kier alpha value is -3.91. The van der Waals surface area contributed by atoms with Crippen LogP contribution in [-0.2, 0) is 19.5 Å². The Balaban J connectivity index is 1.26. The van der Waals surface area contributed by atoms with E-state index in [0.717, 1.165) is 73.5 Å². The number of imidazole rings is 1. The zero-order chi connectivity index (χ0) is 26.1. The molecule has 2 aliphatic heterocycles. The van der Waals surface area contributed by atoms with Gasteiger partial charge in [0, 0.05) is 50.8 Å². The van der Waals surface area contributed by atoms with Gasteiger partial charge in [0.2, 0.25) is 5.95 Å². The van der Waals surface area contributed by atoms with Gasteiger partial charge in [-0.15, -0.1) is 0 Å². The van der Waals surface area contributed by atoms with Crippen LogP contribution >= 0.6 is 0 Å². The third-order valence-electron chi connectivity index (χ3n) is 7.72. The summed E-state index contributed by atoms with van der Waals surface area (Å²) in [5.74, 6) is 3.28. The molecule has 0 radical (unpaired) electrons. The number of fused-ring (bicyclic) bond motifs is 1. The summed E-state index contributed by atoms with van der Waals surface area (Å²) in [4.78, 5) is 19.6. The summed E-state index contributed by atoms with van der Waals surface area (Å²) < 4.78 is 7.57. The van der Waals surface area contributed by atoms with E-state index < -0.39 is 0 Å². The van der Waals surface area contributed by atoms with Gasteiger partial charge in [0.05, 0.1) is 24.7 Å². The van der Waals surface area contributed by atoms with Crippen molar-refractivity contribution < 1.29 is 4.74 Å². The summed E-state index contributed by atoms with van der Waals surface area (Å²) in [6.07, 6.45) is 7.12. The van der Waals surface area contributed by atoms with Crippen molar-refractivity contribution in [2.75, 3.05) is 37.0 Å². The van der Waals surface area contributed by atoms with E-state index >= 15 is 0 Å². The van der Waals surface area contributed by atoms with Gasteiger partial charge in [-0.2, -0.15) is 4.98 Å². The standard InChI is InChI=1S/C30H35N7O/c1-21-15-24(16-27(38-3)22(21)2)37-19-28(31-20-37)33-30-32-26-11-14-35(17-23-9-5-4-6-10-23)18-25(26)29(34-30)36-12-7-8-13-36/h4-6,9-10,15-16,19-20H,7-8,11-14,17-18H2,1-3H3,(H,32,33,34). The smallest absolute Gasteiger partial charge is 0.230 e. The summed E-state index contributed by atoms with van der Waals surface area (Å²) in [5, 5.41) is 3.39. The number of aryl methyl sites for hydroxylation is 1. The van der Waals surface area contributed by atoms with E-state index in [1.165, 1.54) is 29.5 Å². The maximum Gasteiger partial charge on any atom is 0.230 e. The van der Waals surface area contributed by atoms with Crippen molar-refractivity contribution in [1.29, 1.82) is 0 Å². The molecule has 0 aliphatic carbocycles. The van der Waals surface area contributed by atoms with Gasteiger partial charge in [-0.3, -0.25) is 4.90 Å². The number of methoxy groups -OCH3 is 1. The molecule has 0 unspecified atom stereocenters. The first-order chi connectivity index (χ1) is 18.6. The van der Waals surface area contributed by atoms with Crippen LogP contribution in [0.25, 0.3) is 5.69 Å². The lowest BCUT2D eigenvalue weighted by atomic mass is 10.0. The molecule has 8 heteroatoms. The van der Waals surface area contributed by atoms with Gasteiger partial charge in [0.15, 0.2) is 5.82 Å². The second-order valence-electron chi connectivity index (χ2n) is 10.3. The van der Waals surface area contributed by atoms with Gasteiger partial charge in [-0.25, -0.2) is 9.97 Å². The van der Waals surface area contributed by atoms with Crippen molar-refractivity contribution in [2.24, 2.45) is 0 Å². The Morgan fingerprint density at radius 1 is 1.00 bits per heavy atom. The highest BCUT2D eigenvalue weighted by atomic mass is 16.5. The Morgan fingerprint density at radius 3 is 2.61 bits per heavy atom. The van der Waals surface area contributed by atoms with Gasteiger partial charge >= 0.3 is 0 Å². The van der Waals surface area contributed by atoms with Gasteiger partial charge in [-0.05, 0) is 49.4 Å². The fourth-order valence-corrected chi connectivity index (χ4v) is 5.49. The van der Waals surface area contributed by atoms with E-state index in [-0.39, 0.29) is 0 Å². The minimum absolute atomic E-state index is 0.616. The third-order valence-corrected chi connectivity index (χ3v) is 7.72. The van der Waals surface area contributed by atoms with Crippen LogP contribution in [0.15, 0.2) is 55.0 Å². The molecule has 1 fully saturated rings. The van der Waals surface area contributed by atoms with Crippen LogP contribution < -0.4 is 15.0 Å². The topological polar surface area (TPSA) is 71.3 Å². The second kappa shape index (κ2) is 10.5. The van der Waals surface area contributed by atoms with Crippen LogP contribution in [0.1, 0.15) is 40.8 Å². The Bertz CT molecular complexity index is 1430. The molecular weight excluding hydrogens is 474 g/mol. The Labute approximate surface area is 224 Å². The van der Waals surface area contributed by atoms with Gasteiger partial charge in [0.1, 0.15) is 17.9 Å². The first-order valence-electron chi connectivity index (χ1n) is 13.4. The number of hydrogen-bond donors (Lipinski definition) is 1. The van der Waals surface area contributed by atoms with Crippen molar-refractivity contribution in [3.63, 3.8) is 0 Å². The zero-order valence-electron chi connectivity index (χ0n) is 22.4. The van der Waals surface area contributed by atoms with Crippen LogP contribution in [0.4, 0.5) is 17.6 Å². The molecule has 4 aromatic rings. The van der Waals surface area contributed by atoms with E-state index in [9.17, 15) is 0 Å². The largest absolute Gasteiger partial charge is 0.496 e. The molecule has 0 bridgehead atoms. The van der Waals surface area contributed by atoms with Crippen molar-refractivity contribution >= 4 is 17.6 Å². The van der Waals surface area contributed by atoms with Crippen LogP contribution in [0.3, 0.4) is 0 Å². The van der Waals surface area contributed by atoms with Gasteiger partial charge in [0.25, 0.3) is 0 Å². The second-order valence-corrected chi connectivity index (χ2v) is 10.3. The fraction of sp³-hybridized carbons (Fsp3) is 0.367. The summed E-state index contributed by atoms with van der Waals surface area (Å²) in [6, 6.07) is 14.9. The minimum Gasteiger partial charge on any atom is -0.496 e. The highest BCUT2D eigenvalue weighted by molar-refractivity contribution is 5.58. The lowest BCUT2D eigenvalue weighted by Crippen LogP contribution is -2.33. The fourth-order valence-electron chi connectivity index (χ4n) is 5.49. The molecule has 0 amide bonds. The van der Waals surface area contributed by atoms with E-state index in [2.05, 4.69) is 70.3 Å². The number of benzene rings is 2. The lowest BCUT2D eigenvalue weighted by Gasteiger charge is -2.31. The van der Waals surface area contributed by atoms with Crippen LogP contribution in [0.2, 0.25) is 0 Å². The maximum atomic E-state index is 5.57. The quantitative estimate of drug-likeness (QED) is 0.368. The van der Waals surface area contributed by atoms with Gasteiger partial charge in [-0.1, -0.05) is 30.3 Å². The molecule has 2 aromatic carbocycles. The predicted molar refractivity (Wildman–Crippen MR) is 151 cm³/mol. The normalized spacial score (nSPS) is 15.5. The average molecular weight is 510 g/mol. The number of rotatable bonds is 7. The summed E-state index contributed by atoms with van der Waals surface area (Å²) in [6.45, 7) is 9.07. The number of hydrogen-bond acceptors (Lipinski definition) is 7. The summed E-state index contributed by atoms with van der Waals surface area (Å²) in [7, 11) is 1.71. The molecule has 0 spiro atoms. The molecule has 196 valence electrons. The van der Waals surface area contributed by atoms with Crippen LogP contribution in [0, 0.1) is 13.8 Å². The third kappa shape index (κ3) is 4.96. The van der Waals surface area contributed by atoms with E-state index in [1.54, 1.807) is 7.11 Å². The number of ether oxygens (including phenoxy) is 1. The molecule has 6 rings (SSSR count). The van der Waals surface area contributed by atoms with E-state index in [0.29, 0.717) is 5.95 Å². The summed E-state index contributed by atoms with van der Waals surface area (Å²) in [5.41, 5.74) is 7.09. The zero-order valence-corrected chi connectivity index (χ0v) is 22.4. The van der Waals surface area contributed by atoms with Crippen molar-refractivity contribution in [3.8, 4) is 11.4 Å². The molecule has 2 aromatic heterocycles. The lowest BCUT2D eigenvalue weighted by molar-refractivity contribution is 0.243. The monoisotopic (exact) mass is 509 g/mol. The van der Waals surface area contributed by atoms with Gasteiger partial charge < -0.3 is 19.5 Å². The molecule has 1 N–H and O–H groups in total. The molecular formula is C30H35N7O. The van der Waals surface area contributed by atoms with Crippen LogP contribution in [-0.4, -0.2) is 51.2 Å². The van der Waals surface area contributed by atoms with Crippen LogP contribution in [0.5, 0.6) is 5.75 Å². The van der Waals surface area contributed by atoms with Crippen molar-refractivity contribution in [3.05, 3.63) is 82.9 Å². The molecule has 38 heavy (non-hydrogen) atoms. The highest BCUT2D eigenvalue weighted by Crippen LogP contribution is 2.32. The molecule has 4 heterocycles. The summed E-state index contributed by atoms with van der Waals surface area (Å²) >= 11 is 0. The van der Waals surface area contributed by atoms with E-state index in [1.807, 2.05) is 23.2 Å². The van der Waals surface area contributed by atoms with Crippen molar-refractivity contribution in [1.82, 2.24) is 24.4 Å². The molecule has 8 nitrogen and oxygen atoms in total. The van der Waals surface area contributed by atoms with Crippen molar-refractivity contribution in [2.45, 2.75) is 46.2 Å². The first-order valence-corrected chi connectivity index (χ1v) is 13.4. The number of anilines is 3. The molecule has 1 saturated heterocycles. The predicted octanol–water partition coefficient (Wildman–Crippen LogP) is 5.19. The molecule has 0 saturated carbocycles. The number of nitrogens with zero attached hydrogens (tertiary/aromatic N) is 6.